The summed E-state index contributed by atoms with van der Waals surface area (Å²) in [6.07, 6.45) is 7.80. The Hall–Kier alpha value is -3.26. The van der Waals surface area contributed by atoms with Gasteiger partial charge < -0.3 is 19.7 Å². The summed E-state index contributed by atoms with van der Waals surface area (Å²) in [5.74, 6) is -0.146. The van der Waals surface area contributed by atoms with Crippen LogP contribution in [0.15, 0.2) is 36.8 Å². The number of hydrogen-bond donors (Lipinski definition) is 1. The molecule has 2 aromatic heterocycles. The molecule has 2 atom stereocenters. The van der Waals surface area contributed by atoms with Crippen molar-refractivity contribution < 1.29 is 14.0 Å². The van der Waals surface area contributed by atoms with Crippen LogP contribution in [0.5, 0.6) is 0 Å². The van der Waals surface area contributed by atoms with Crippen molar-refractivity contribution in [3.63, 3.8) is 0 Å². The van der Waals surface area contributed by atoms with Crippen molar-refractivity contribution in [1.82, 2.24) is 24.7 Å². The normalized spacial score (nSPS) is 16.9. The summed E-state index contributed by atoms with van der Waals surface area (Å²) in [6.45, 7) is 12.4. The molecule has 0 radical (unpaired) electrons. The number of benzene rings is 1. The summed E-state index contributed by atoms with van der Waals surface area (Å²) in [4.78, 5) is 33.2. The van der Waals surface area contributed by atoms with E-state index in [1.165, 1.54) is 17.7 Å². The fourth-order valence-electron chi connectivity index (χ4n) is 5.46. The van der Waals surface area contributed by atoms with E-state index in [0.717, 1.165) is 48.9 Å². The smallest absolute Gasteiger partial charge is 0.256 e. The first-order chi connectivity index (χ1) is 17.5. The molecule has 8 heteroatoms. The number of amides is 2. The number of rotatable bonds is 8. The summed E-state index contributed by atoms with van der Waals surface area (Å²) in [5.41, 5.74) is 4.18. The molecule has 2 amide bonds. The van der Waals surface area contributed by atoms with Crippen LogP contribution in [0.4, 0.5) is 4.39 Å². The molecule has 4 rings (SSSR count). The molecule has 1 aliphatic rings. The van der Waals surface area contributed by atoms with Gasteiger partial charge in [0.15, 0.2) is 0 Å². The van der Waals surface area contributed by atoms with Gasteiger partial charge in [0.2, 0.25) is 5.91 Å². The van der Waals surface area contributed by atoms with Gasteiger partial charge in [0.25, 0.3) is 5.91 Å². The van der Waals surface area contributed by atoms with Gasteiger partial charge >= 0.3 is 0 Å². The summed E-state index contributed by atoms with van der Waals surface area (Å²) >= 11 is 0. The number of fused-ring (bicyclic) bond motifs is 1. The molecule has 1 saturated heterocycles. The highest BCUT2D eigenvalue weighted by Gasteiger charge is 2.26. The molecule has 37 heavy (non-hydrogen) atoms. The maximum Gasteiger partial charge on any atom is 0.256 e. The highest BCUT2D eigenvalue weighted by atomic mass is 19.1. The second-order valence-corrected chi connectivity index (χ2v) is 10.8. The lowest BCUT2D eigenvalue weighted by Gasteiger charge is -2.23. The largest absolute Gasteiger partial charge is 0.353 e. The van der Waals surface area contributed by atoms with E-state index in [4.69, 9.17) is 0 Å². The van der Waals surface area contributed by atoms with Gasteiger partial charge in [0, 0.05) is 56.9 Å². The highest BCUT2D eigenvalue weighted by molar-refractivity contribution is 5.99. The standard InChI is InChI=1S/C29H38FN5O2/c1-18(2)33(6)29(37)25-12-24(30)7-8-26(25)35-15-19(3)28-23(13-31-14-27(28)35)11-22-9-10-34(17-22)16-20(4)32-21(5)36/h7-8,12-15,18,20,22H,9-11,16-17H2,1-6H3,(H,32,36)/t20-,22?/m1/s1. The minimum Gasteiger partial charge on any atom is -0.353 e. The lowest BCUT2D eigenvalue weighted by Crippen LogP contribution is -2.40. The van der Waals surface area contributed by atoms with Gasteiger partial charge in [-0.3, -0.25) is 14.6 Å². The molecule has 3 heterocycles. The molecular weight excluding hydrogens is 469 g/mol. The van der Waals surface area contributed by atoms with Crippen molar-refractivity contribution in [1.29, 1.82) is 0 Å². The van der Waals surface area contributed by atoms with E-state index >= 15 is 0 Å². The number of aromatic nitrogens is 2. The minimum atomic E-state index is -0.435. The fraction of sp³-hybridized carbons (Fsp3) is 0.483. The zero-order valence-corrected chi connectivity index (χ0v) is 22.7. The number of carbonyl (C=O) groups is 2. The Morgan fingerprint density at radius 3 is 2.70 bits per heavy atom. The number of pyridine rings is 1. The van der Waals surface area contributed by atoms with Gasteiger partial charge in [-0.15, -0.1) is 0 Å². The predicted molar refractivity (Wildman–Crippen MR) is 145 cm³/mol. The van der Waals surface area contributed by atoms with Crippen LogP contribution in [-0.2, 0) is 11.2 Å². The van der Waals surface area contributed by atoms with Crippen molar-refractivity contribution in [2.45, 2.75) is 59.5 Å². The van der Waals surface area contributed by atoms with Crippen molar-refractivity contribution in [3.05, 3.63) is 59.3 Å². The molecule has 0 saturated carbocycles. The maximum absolute atomic E-state index is 14.3. The van der Waals surface area contributed by atoms with Gasteiger partial charge in [0.1, 0.15) is 5.82 Å². The van der Waals surface area contributed by atoms with Crippen molar-refractivity contribution >= 4 is 22.7 Å². The first-order valence-electron chi connectivity index (χ1n) is 13.1. The Balaban J connectivity index is 1.62. The van der Waals surface area contributed by atoms with Gasteiger partial charge in [-0.05, 0) is 82.3 Å². The number of halogens is 1. The third-order valence-corrected chi connectivity index (χ3v) is 7.38. The zero-order chi connectivity index (χ0) is 26.9. The van der Waals surface area contributed by atoms with Crippen molar-refractivity contribution in [2.24, 2.45) is 5.92 Å². The van der Waals surface area contributed by atoms with E-state index in [1.807, 2.05) is 43.9 Å². The Bertz CT molecular complexity index is 1300. The predicted octanol–water partition coefficient (Wildman–Crippen LogP) is 4.34. The van der Waals surface area contributed by atoms with E-state index < -0.39 is 5.82 Å². The molecule has 3 aromatic rings. The van der Waals surface area contributed by atoms with Crippen LogP contribution in [-0.4, -0.2) is 69.9 Å². The van der Waals surface area contributed by atoms with Gasteiger partial charge in [-0.25, -0.2) is 4.39 Å². The summed E-state index contributed by atoms with van der Waals surface area (Å²) in [6, 6.07) is 4.51. The molecule has 1 aliphatic heterocycles. The quantitative estimate of drug-likeness (QED) is 0.492. The number of likely N-dealkylation sites (tertiary alicyclic amines) is 1. The summed E-state index contributed by atoms with van der Waals surface area (Å²) in [5, 5.41) is 4.11. The molecule has 1 aromatic carbocycles. The van der Waals surface area contributed by atoms with Gasteiger partial charge in [0.05, 0.1) is 23.0 Å². The maximum atomic E-state index is 14.3. The first-order valence-corrected chi connectivity index (χ1v) is 13.1. The van der Waals surface area contributed by atoms with Crippen LogP contribution in [0.2, 0.25) is 0 Å². The molecule has 1 N–H and O–H groups in total. The van der Waals surface area contributed by atoms with E-state index in [2.05, 4.69) is 22.1 Å². The van der Waals surface area contributed by atoms with E-state index in [1.54, 1.807) is 24.9 Å². The third kappa shape index (κ3) is 5.85. The van der Waals surface area contributed by atoms with Gasteiger partial charge in [-0.1, -0.05) is 0 Å². The molecule has 7 nitrogen and oxygen atoms in total. The van der Waals surface area contributed by atoms with E-state index in [-0.39, 0.29) is 23.9 Å². The van der Waals surface area contributed by atoms with Crippen LogP contribution in [0, 0.1) is 18.7 Å². The SMILES string of the molecule is CC(=O)N[C@H](C)CN1CCC(Cc2cncc3c2c(C)cn3-c2ccc(F)cc2C(=O)N(C)C(C)C)C1. The highest BCUT2D eigenvalue weighted by Crippen LogP contribution is 2.31. The molecule has 198 valence electrons. The molecule has 1 fully saturated rings. The van der Waals surface area contributed by atoms with Crippen molar-refractivity contribution in [2.75, 3.05) is 26.7 Å². The number of aryl methyl sites for hydroxylation is 1. The van der Waals surface area contributed by atoms with Crippen LogP contribution >= 0.6 is 0 Å². The summed E-state index contributed by atoms with van der Waals surface area (Å²) < 4.78 is 16.2. The van der Waals surface area contributed by atoms with Crippen molar-refractivity contribution in [3.8, 4) is 5.69 Å². The second-order valence-electron chi connectivity index (χ2n) is 10.8. The molecule has 1 unspecified atom stereocenters. The molecular formula is C29H38FN5O2. The average Bonchev–Trinajstić information content (AvgIpc) is 3.41. The first kappa shape index (κ1) is 26.8. The second kappa shape index (κ2) is 11.0. The lowest BCUT2D eigenvalue weighted by molar-refractivity contribution is -0.119. The average molecular weight is 508 g/mol. The van der Waals surface area contributed by atoms with E-state index in [9.17, 15) is 14.0 Å². The van der Waals surface area contributed by atoms with Gasteiger partial charge in [-0.2, -0.15) is 0 Å². The van der Waals surface area contributed by atoms with Crippen LogP contribution in [0.1, 0.15) is 55.6 Å². The van der Waals surface area contributed by atoms with Crippen LogP contribution in [0.3, 0.4) is 0 Å². The molecule has 0 aliphatic carbocycles. The Kier molecular flexibility index (Phi) is 7.97. The summed E-state index contributed by atoms with van der Waals surface area (Å²) in [7, 11) is 1.74. The Morgan fingerprint density at radius 2 is 2.00 bits per heavy atom. The van der Waals surface area contributed by atoms with E-state index in [0.29, 0.717) is 17.2 Å². The number of nitrogens with zero attached hydrogens (tertiary/aromatic N) is 4. The van der Waals surface area contributed by atoms with Crippen LogP contribution in [0.25, 0.3) is 16.6 Å². The number of hydrogen-bond acceptors (Lipinski definition) is 4. The lowest BCUT2D eigenvalue weighted by atomic mass is 9.96. The monoisotopic (exact) mass is 507 g/mol. The van der Waals surface area contributed by atoms with Crippen LogP contribution < -0.4 is 5.32 Å². The molecule has 0 bridgehead atoms. The fourth-order valence-corrected chi connectivity index (χ4v) is 5.46. The molecule has 0 spiro atoms. The topological polar surface area (TPSA) is 70.5 Å². The Morgan fingerprint density at radius 1 is 1.24 bits per heavy atom. The Labute approximate surface area is 218 Å². The number of carbonyl (C=O) groups excluding carboxylic acids is 2. The number of nitrogens with one attached hydrogen (secondary N) is 1. The zero-order valence-electron chi connectivity index (χ0n) is 22.7. The third-order valence-electron chi connectivity index (χ3n) is 7.38. The minimum absolute atomic E-state index is 0.00264.